The van der Waals surface area contributed by atoms with E-state index in [1.54, 1.807) is 17.4 Å². The highest BCUT2D eigenvalue weighted by Crippen LogP contribution is 2.30. The Morgan fingerprint density at radius 3 is 2.65 bits per heavy atom. The Morgan fingerprint density at radius 2 is 2.06 bits per heavy atom. The highest BCUT2D eigenvalue weighted by molar-refractivity contribution is 8.01. The molecule has 0 aliphatic carbocycles. The van der Waals surface area contributed by atoms with E-state index >= 15 is 0 Å². The fourth-order valence-corrected chi connectivity index (χ4v) is 3.04. The Balaban J connectivity index is 2.26. The van der Waals surface area contributed by atoms with Gasteiger partial charge in [-0.15, -0.1) is 11.3 Å². The van der Waals surface area contributed by atoms with Gasteiger partial charge < -0.3 is 5.73 Å². The number of aryl methyl sites for hydroxylation is 1. The van der Waals surface area contributed by atoms with Gasteiger partial charge in [0.2, 0.25) is 0 Å². The first kappa shape index (κ1) is 12.3. The molecule has 0 aliphatic heterocycles. The lowest BCUT2D eigenvalue weighted by molar-refractivity contribution is 0.756. The molecule has 4 nitrogen and oxygen atoms in total. The van der Waals surface area contributed by atoms with Crippen LogP contribution in [0.1, 0.15) is 31.3 Å². The van der Waals surface area contributed by atoms with Gasteiger partial charge in [0.1, 0.15) is 16.7 Å². The zero-order chi connectivity index (χ0) is 12.4. The Bertz CT molecular complexity index is 522. The van der Waals surface area contributed by atoms with E-state index in [2.05, 4.69) is 28.8 Å². The lowest BCUT2D eigenvalue weighted by Crippen LogP contribution is -2.02. The van der Waals surface area contributed by atoms with Crippen molar-refractivity contribution in [3.05, 3.63) is 23.0 Å². The third-order valence-corrected chi connectivity index (χ3v) is 4.02. The van der Waals surface area contributed by atoms with Gasteiger partial charge in [-0.1, -0.05) is 13.8 Å². The van der Waals surface area contributed by atoms with Crippen molar-refractivity contribution in [2.45, 2.75) is 36.1 Å². The molecule has 0 aromatic carbocycles. The first-order valence-electron chi connectivity index (χ1n) is 5.29. The molecule has 0 atom stereocenters. The second kappa shape index (κ2) is 5.01. The van der Waals surface area contributed by atoms with Crippen molar-refractivity contribution < 1.29 is 0 Å². The molecule has 17 heavy (non-hydrogen) atoms. The molecule has 0 saturated carbocycles. The van der Waals surface area contributed by atoms with Gasteiger partial charge in [-0.25, -0.2) is 15.0 Å². The Labute approximate surface area is 109 Å². The number of nitrogens with two attached hydrogens (primary N) is 1. The van der Waals surface area contributed by atoms with E-state index in [0.29, 0.717) is 5.82 Å². The van der Waals surface area contributed by atoms with E-state index in [-0.39, 0.29) is 5.92 Å². The Kier molecular flexibility index (Phi) is 3.63. The molecule has 2 heterocycles. The van der Waals surface area contributed by atoms with E-state index in [1.807, 2.05) is 12.3 Å². The smallest absolute Gasteiger partial charge is 0.156 e. The van der Waals surface area contributed by atoms with Crippen LogP contribution in [0.2, 0.25) is 0 Å². The molecule has 0 unspecified atom stereocenters. The molecular weight excluding hydrogens is 252 g/mol. The zero-order valence-corrected chi connectivity index (χ0v) is 11.6. The molecule has 0 radical (unpaired) electrons. The van der Waals surface area contributed by atoms with Crippen molar-refractivity contribution in [3.63, 3.8) is 0 Å². The summed E-state index contributed by atoms with van der Waals surface area (Å²) < 4.78 is 0.982. The lowest BCUT2D eigenvalue weighted by Gasteiger charge is -2.06. The van der Waals surface area contributed by atoms with Crippen molar-refractivity contribution in [3.8, 4) is 0 Å². The van der Waals surface area contributed by atoms with Gasteiger partial charge >= 0.3 is 0 Å². The van der Waals surface area contributed by atoms with Gasteiger partial charge in [-0.3, -0.25) is 0 Å². The zero-order valence-electron chi connectivity index (χ0n) is 9.97. The molecule has 2 rings (SSSR count). The molecule has 0 amide bonds. The van der Waals surface area contributed by atoms with Gasteiger partial charge in [-0.2, -0.15) is 0 Å². The quantitative estimate of drug-likeness (QED) is 0.865. The summed E-state index contributed by atoms with van der Waals surface area (Å²) in [6, 6.07) is 1.78. The largest absolute Gasteiger partial charge is 0.384 e. The summed E-state index contributed by atoms with van der Waals surface area (Å²) in [7, 11) is 0. The van der Waals surface area contributed by atoms with Crippen LogP contribution < -0.4 is 5.73 Å². The minimum absolute atomic E-state index is 0.274. The molecule has 6 heteroatoms. The molecule has 2 aromatic rings. The number of nitrogen functional groups attached to an aromatic ring is 1. The topological polar surface area (TPSA) is 64.7 Å². The first-order chi connectivity index (χ1) is 8.04. The van der Waals surface area contributed by atoms with E-state index in [1.165, 1.54) is 11.8 Å². The second-order valence-electron chi connectivity index (χ2n) is 4.00. The molecular formula is C11H14N4S2. The fourth-order valence-electron chi connectivity index (χ4n) is 1.24. The van der Waals surface area contributed by atoms with Gasteiger partial charge in [0.05, 0.1) is 0 Å². The van der Waals surface area contributed by atoms with Gasteiger partial charge in [0.15, 0.2) is 4.34 Å². The SMILES string of the molecule is Cc1csc(Sc2cc(N)nc(C(C)C)n2)n1. The Morgan fingerprint density at radius 1 is 1.29 bits per heavy atom. The maximum absolute atomic E-state index is 5.77. The van der Waals surface area contributed by atoms with E-state index in [0.717, 1.165) is 20.9 Å². The maximum atomic E-state index is 5.77. The predicted molar refractivity (Wildman–Crippen MR) is 71.5 cm³/mol. The molecule has 0 saturated heterocycles. The van der Waals surface area contributed by atoms with Crippen LogP contribution in [0.25, 0.3) is 0 Å². The minimum Gasteiger partial charge on any atom is -0.384 e. The third-order valence-electron chi connectivity index (χ3n) is 2.05. The molecule has 0 bridgehead atoms. The van der Waals surface area contributed by atoms with Crippen LogP contribution in [0.4, 0.5) is 5.82 Å². The summed E-state index contributed by atoms with van der Waals surface area (Å²) in [6.45, 7) is 6.09. The molecule has 2 N–H and O–H groups in total. The van der Waals surface area contributed by atoms with Crippen LogP contribution in [0, 0.1) is 6.92 Å². The average Bonchev–Trinajstić information content (AvgIpc) is 2.63. The normalized spacial score (nSPS) is 11.1. The number of hydrogen-bond acceptors (Lipinski definition) is 6. The second-order valence-corrected chi connectivity index (χ2v) is 6.13. The highest BCUT2D eigenvalue weighted by atomic mass is 32.2. The summed E-state index contributed by atoms with van der Waals surface area (Å²) in [6.07, 6.45) is 0. The van der Waals surface area contributed by atoms with Crippen LogP contribution >= 0.6 is 23.1 Å². The standard InChI is InChI=1S/C11H14N4S2/c1-6(2)10-14-8(12)4-9(15-10)17-11-13-7(3)5-16-11/h4-6H,1-3H3,(H2,12,14,15). The van der Waals surface area contributed by atoms with Crippen LogP contribution in [0.3, 0.4) is 0 Å². The monoisotopic (exact) mass is 266 g/mol. The lowest BCUT2D eigenvalue weighted by atomic mass is 10.2. The number of nitrogens with zero attached hydrogens (tertiary/aromatic N) is 3. The molecule has 0 aliphatic rings. The number of anilines is 1. The fraction of sp³-hybridized carbons (Fsp3) is 0.364. The summed E-state index contributed by atoms with van der Waals surface area (Å²) in [5, 5.41) is 2.88. The Hall–Kier alpha value is -1.14. The van der Waals surface area contributed by atoms with Crippen molar-refractivity contribution in [2.24, 2.45) is 0 Å². The van der Waals surface area contributed by atoms with Crippen LogP contribution in [0.5, 0.6) is 0 Å². The predicted octanol–water partition coefficient (Wildman–Crippen LogP) is 3.10. The molecule has 90 valence electrons. The van der Waals surface area contributed by atoms with Gasteiger partial charge in [0, 0.05) is 23.1 Å². The van der Waals surface area contributed by atoms with Gasteiger partial charge in [0.25, 0.3) is 0 Å². The summed E-state index contributed by atoms with van der Waals surface area (Å²) in [5.74, 6) is 1.57. The minimum atomic E-state index is 0.274. The van der Waals surface area contributed by atoms with Crippen molar-refractivity contribution in [2.75, 3.05) is 5.73 Å². The van der Waals surface area contributed by atoms with Crippen LogP contribution in [-0.4, -0.2) is 15.0 Å². The molecule has 0 fully saturated rings. The van der Waals surface area contributed by atoms with E-state index in [9.17, 15) is 0 Å². The summed E-state index contributed by atoms with van der Waals surface area (Å²) in [5.41, 5.74) is 6.81. The first-order valence-corrected chi connectivity index (χ1v) is 6.98. The number of aromatic nitrogens is 3. The molecule has 2 aromatic heterocycles. The number of thiazole rings is 1. The average molecular weight is 266 g/mol. The van der Waals surface area contributed by atoms with Crippen molar-refractivity contribution in [1.29, 1.82) is 0 Å². The number of hydrogen-bond donors (Lipinski definition) is 1. The van der Waals surface area contributed by atoms with Crippen molar-refractivity contribution in [1.82, 2.24) is 15.0 Å². The van der Waals surface area contributed by atoms with E-state index in [4.69, 9.17) is 5.73 Å². The number of rotatable bonds is 3. The van der Waals surface area contributed by atoms with Crippen molar-refractivity contribution >= 4 is 28.9 Å². The highest BCUT2D eigenvalue weighted by Gasteiger charge is 2.09. The van der Waals surface area contributed by atoms with Crippen LogP contribution in [-0.2, 0) is 0 Å². The summed E-state index contributed by atoms with van der Waals surface area (Å²) in [4.78, 5) is 13.1. The maximum Gasteiger partial charge on any atom is 0.156 e. The molecule has 0 spiro atoms. The summed E-state index contributed by atoms with van der Waals surface area (Å²) >= 11 is 3.15. The van der Waals surface area contributed by atoms with Gasteiger partial charge in [-0.05, 0) is 18.7 Å². The third kappa shape index (κ3) is 3.17. The van der Waals surface area contributed by atoms with Crippen LogP contribution in [0.15, 0.2) is 20.8 Å². The van der Waals surface area contributed by atoms with E-state index < -0.39 is 0 Å².